The molecule has 1 aliphatic heterocycles. The van der Waals surface area contributed by atoms with E-state index in [0.717, 1.165) is 13.1 Å². The first-order valence-electron chi connectivity index (χ1n) is 4.98. The molecule has 0 spiro atoms. The number of nitrogens with two attached hydrogens (primary N) is 1. The van der Waals surface area contributed by atoms with Gasteiger partial charge in [0.2, 0.25) is 0 Å². The Kier molecular flexibility index (Phi) is 3.18. The molecule has 2 N–H and O–H groups in total. The van der Waals surface area contributed by atoms with Gasteiger partial charge in [-0.3, -0.25) is 0 Å². The second-order valence-electron chi connectivity index (χ2n) is 3.55. The van der Waals surface area contributed by atoms with E-state index >= 15 is 0 Å². The van der Waals surface area contributed by atoms with Crippen molar-refractivity contribution in [1.29, 1.82) is 0 Å². The highest BCUT2D eigenvalue weighted by molar-refractivity contribution is 7.80. The van der Waals surface area contributed by atoms with Crippen LogP contribution in [-0.2, 0) is 4.74 Å². The van der Waals surface area contributed by atoms with Gasteiger partial charge in [-0.25, -0.2) is 0 Å². The molecule has 1 aromatic rings. The Hall–Kier alpha value is -1.13. The minimum Gasteiger partial charge on any atom is -0.376 e. The molecule has 3 nitrogen and oxygen atoms in total. The molecule has 1 fully saturated rings. The largest absolute Gasteiger partial charge is 0.376 e. The second-order valence-corrected chi connectivity index (χ2v) is 3.97. The van der Waals surface area contributed by atoms with Crippen LogP contribution >= 0.6 is 12.2 Å². The van der Waals surface area contributed by atoms with Crippen molar-refractivity contribution < 1.29 is 4.74 Å². The van der Waals surface area contributed by atoms with Crippen LogP contribution in [0.2, 0.25) is 0 Å². The minimum absolute atomic E-state index is 0.0847. The Morgan fingerprint density at radius 1 is 1.40 bits per heavy atom. The number of thiocarbonyl (C=S) groups is 1. The molecule has 1 aromatic carbocycles. The monoisotopic (exact) mass is 222 g/mol. The summed E-state index contributed by atoms with van der Waals surface area (Å²) in [6, 6.07) is 10.1. The molecule has 1 heterocycles. The number of benzene rings is 1. The summed E-state index contributed by atoms with van der Waals surface area (Å²) < 4.78 is 5.69. The van der Waals surface area contributed by atoms with Gasteiger partial charge >= 0.3 is 0 Å². The van der Waals surface area contributed by atoms with Crippen LogP contribution in [0.1, 0.15) is 11.7 Å². The molecule has 0 aliphatic carbocycles. The van der Waals surface area contributed by atoms with Gasteiger partial charge in [-0.15, -0.1) is 0 Å². The number of rotatable bonds is 1. The lowest BCUT2D eigenvalue weighted by Gasteiger charge is -2.33. The molecule has 0 radical (unpaired) electrons. The maximum Gasteiger partial charge on any atom is 0.166 e. The van der Waals surface area contributed by atoms with Crippen LogP contribution in [-0.4, -0.2) is 29.7 Å². The summed E-state index contributed by atoms with van der Waals surface area (Å²) in [4.78, 5) is 1.98. The van der Waals surface area contributed by atoms with Crippen LogP contribution in [0.15, 0.2) is 30.3 Å². The van der Waals surface area contributed by atoms with E-state index in [2.05, 4.69) is 12.1 Å². The van der Waals surface area contributed by atoms with Crippen LogP contribution in [0.3, 0.4) is 0 Å². The zero-order valence-electron chi connectivity index (χ0n) is 8.43. The van der Waals surface area contributed by atoms with E-state index in [9.17, 15) is 0 Å². The molecule has 0 amide bonds. The van der Waals surface area contributed by atoms with E-state index in [1.807, 2.05) is 23.1 Å². The molecule has 0 aromatic heterocycles. The van der Waals surface area contributed by atoms with E-state index in [1.54, 1.807) is 0 Å². The number of ether oxygens (including phenoxy) is 1. The van der Waals surface area contributed by atoms with Crippen molar-refractivity contribution in [3.8, 4) is 0 Å². The van der Waals surface area contributed by atoms with Crippen LogP contribution in [0.25, 0.3) is 0 Å². The highest BCUT2D eigenvalue weighted by Crippen LogP contribution is 2.21. The molecule has 1 atom stereocenters. The van der Waals surface area contributed by atoms with Crippen molar-refractivity contribution in [3.63, 3.8) is 0 Å². The summed E-state index contributed by atoms with van der Waals surface area (Å²) >= 11 is 4.97. The van der Waals surface area contributed by atoms with E-state index < -0.39 is 0 Å². The number of nitrogens with zero attached hydrogens (tertiary/aromatic N) is 1. The second kappa shape index (κ2) is 4.59. The normalized spacial score (nSPS) is 21.3. The fourth-order valence-electron chi connectivity index (χ4n) is 1.72. The summed E-state index contributed by atoms with van der Waals surface area (Å²) in [7, 11) is 0. The maximum atomic E-state index is 5.69. The van der Waals surface area contributed by atoms with Crippen LogP contribution in [0, 0.1) is 0 Å². The molecule has 0 bridgehead atoms. The molecule has 1 saturated heterocycles. The number of morpholine rings is 1. The van der Waals surface area contributed by atoms with Gasteiger partial charge in [0.25, 0.3) is 0 Å². The van der Waals surface area contributed by atoms with Crippen LogP contribution in [0.5, 0.6) is 0 Å². The molecule has 4 heteroatoms. The van der Waals surface area contributed by atoms with Gasteiger partial charge in [0.1, 0.15) is 6.10 Å². The minimum atomic E-state index is 0.0847. The third-order valence-corrected chi connectivity index (χ3v) is 2.81. The topological polar surface area (TPSA) is 38.5 Å². The Balaban J connectivity index is 2.08. The Morgan fingerprint density at radius 2 is 2.13 bits per heavy atom. The van der Waals surface area contributed by atoms with Gasteiger partial charge < -0.3 is 15.4 Å². The zero-order valence-corrected chi connectivity index (χ0v) is 9.24. The zero-order chi connectivity index (χ0) is 10.7. The maximum absolute atomic E-state index is 5.69. The first kappa shape index (κ1) is 10.4. The summed E-state index contributed by atoms with van der Waals surface area (Å²) in [5.41, 5.74) is 6.79. The first-order chi connectivity index (χ1) is 7.27. The van der Waals surface area contributed by atoms with E-state index in [4.69, 9.17) is 22.7 Å². The van der Waals surface area contributed by atoms with E-state index in [-0.39, 0.29) is 6.10 Å². The van der Waals surface area contributed by atoms with Crippen molar-refractivity contribution in [2.75, 3.05) is 19.7 Å². The summed E-state index contributed by atoms with van der Waals surface area (Å²) in [6.07, 6.45) is 0.0847. The third kappa shape index (κ3) is 2.46. The number of hydrogen-bond donors (Lipinski definition) is 1. The summed E-state index contributed by atoms with van der Waals surface area (Å²) in [5.74, 6) is 0. The van der Waals surface area contributed by atoms with Crippen molar-refractivity contribution in [2.45, 2.75) is 6.10 Å². The third-order valence-electron chi connectivity index (χ3n) is 2.55. The Morgan fingerprint density at radius 3 is 2.80 bits per heavy atom. The average molecular weight is 222 g/mol. The highest BCUT2D eigenvalue weighted by Gasteiger charge is 2.21. The lowest BCUT2D eigenvalue weighted by Crippen LogP contribution is -2.44. The average Bonchev–Trinajstić information content (AvgIpc) is 2.30. The van der Waals surface area contributed by atoms with Crippen molar-refractivity contribution in [1.82, 2.24) is 4.90 Å². The molecule has 2 rings (SSSR count). The summed E-state index contributed by atoms with van der Waals surface area (Å²) in [5, 5.41) is 0.458. The Labute approximate surface area is 94.8 Å². The molecule has 1 aliphatic rings. The lowest BCUT2D eigenvalue weighted by atomic mass is 10.1. The molecular weight excluding hydrogens is 208 g/mol. The fraction of sp³-hybridized carbons (Fsp3) is 0.364. The fourth-order valence-corrected chi connectivity index (χ4v) is 1.88. The van der Waals surface area contributed by atoms with Gasteiger partial charge in [0.15, 0.2) is 5.11 Å². The van der Waals surface area contributed by atoms with Crippen molar-refractivity contribution >= 4 is 17.3 Å². The van der Waals surface area contributed by atoms with Gasteiger partial charge in [-0.05, 0) is 17.8 Å². The van der Waals surface area contributed by atoms with Gasteiger partial charge in [0.05, 0.1) is 13.2 Å². The molecular formula is C11H14N2OS. The molecule has 1 unspecified atom stereocenters. The molecule has 0 saturated carbocycles. The van der Waals surface area contributed by atoms with Gasteiger partial charge in [0, 0.05) is 6.54 Å². The van der Waals surface area contributed by atoms with E-state index in [1.165, 1.54) is 5.56 Å². The SMILES string of the molecule is NC(=S)N1CCOC(c2ccccc2)C1. The quantitative estimate of drug-likeness (QED) is 0.727. The predicted molar refractivity (Wildman–Crippen MR) is 63.5 cm³/mol. The Bertz CT molecular complexity index is 342. The van der Waals surface area contributed by atoms with Gasteiger partial charge in [-0.2, -0.15) is 0 Å². The predicted octanol–water partition coefficient (Wildman–Crippen LogP) is 1.30. The summed E-state index contributed by atoms with van der Waals surface area (Å²) in [6.45, 7) is 2.22. The molecule has 80 valence electrons. The standard InChI is InChI=1S/C11H14N2OS/c12-11(15)13-6-7-14-10(8-13)9-4-2-1-3-5-9/h1-5,10H,6-8H2,(H2,12,15). The lowest BCUT2D eigenvalue weighted by molar-refractivity contribution is -0.00647. The number of hydrogen-bond acceptors (Lipinski definition) is 2. The highest BCUT2D eigenvalue weighted by atomic mass is 32.1. The van der Waals surface area contributed by atoms with Crippen molar-refractivity contribution in [2.24, 2.45) is 5.73 Å². The smallest absolute Gasteiger partial charge is 0.166 e. The first-order valence-corrected chi connectivity index (χ1v) is 5.39. The van der Waals surface area contributed by atoms with Crippen LogP contribution < -0.4 is 5.73 Å². The van der Waals surface area contributed by atoms with Gasteiger partial charge in [-0.1, -0.05) is 30.3 Å². The van der Waals surface area contributed by atoms with Crippen LogP contribution in [0.4, 0.5) is 0 Å². The van der Waals surface area contributed by atoms with E-state index in [0.29, 0.717) is 11.7 Å². The van der Waals surface area contributed by atoms with Crippen molar-refractivity contribution in [3.05, 3.63) is 35.9 Å². The molecule has 15 heavy (non-hydrogen) atoms.